The van der Waals surface area contributed by atoms with E-state index in [0.29, 0.717) is 0 Å². The molecule has 0 saturated carbocycles. The molecule has 0 aliphatic carbocycles. The number of benzene rings is 1. The zero-order chi connectivity index (χ0) is 12.3. The monoisotopic (exact) mass is 234 g/mol. The maximum atomic E-state index is 13.0. The Morgan fingerprint density at radius 2 is 2.12 bits per heavy atom. The number of ether oxygens (including phenoxy) is 1. The van der Waals surface area contributed by atoms with Gasteiger partial charge < -0.3 is 4.74 Å². The Morgan fingerprint density at radius 1 is 1.50 bits per heavy atom. The predicted octanol–water partition coefficient (Wildman–Crippen LogP) is 1.10. The molecule has 0 bridgehead atoms. The van der Waals surface area contributed by atoms with Crippen LogP contribution < -0.4 is 16.0 Å². The van der Waals surface area contributed by atoms with Crippen molar-refractivity contribution in [3.05, 3.63) is 29.6 Å². The van der Waals surface area contributed by atoms with Crippen LogP contribution in [0.3, 0.4) is 0 Å². The van der Waals surface area contributed by atoms with E-state index in [-0.39, 0.29) is 5.56 Å². The number of rotatable bonds is 3. The van der Waals surface area contributed by atoms with Crippen molar-refractivity contribution >= 4 is 5.91 Å². The van der Waals surface area contributed by atoms with Gasteiger partial charge in [0.1, 0.15) is 11.6 Å². The van der Waals surface area contributed by atoms with E-state index < -0.39 is 23.6 Å². The van der Waals surface area contributed by atoms with Crippen LogP contribution in [0.25, 0.3) is 0 Å². The molecule has 7 heteroatoms. The van der Waals surface area contributed by atoms with E-state index in [4.69, 9.17) is 0 Å². The summed E-state index contributed by atoms with van der Waals surface area (Å²) >= 11 is 0. The minimum atomic E-state index is -4.14. The summed E-state index contributed by atoms with van der Waals surface area (Å²) < 4.78 is 42.8. The van der Waals surface area contributed by atoms with Gasteiger partial charge in [-0.3, -0.25) is 10.2 Å². The highest BCUT2D eigenvalue weighted by Crippen LogP contribution is 2.23. The van der Waals surface area contributed by atoms with Crippen molar-refractivity contribution < 1.29 is 22.7 Å². The average molecular weight is 234 g/mol. The number of hydrazine groups is 1. The summed E-state index contributed by atoms with van der Waals surface area (Å²) in [5.74, 6) is 1.55. The molecule has 0 aliphatic rings. The van der Waals surface area contributed by atoms with Gasteiger partial charge in [0, 0.05) is 6.07 Å². The number of nitrogens with one attached hydrogen (secondary N) is 1. The van der Waals surface area contributed by atoms with Gasteiger partial charge in [-0.15, -0.1) is 0 Å². The molecule has 1 rings (SSSR count). The largest absolute Gasteiger partial charge is 0.483 e. The molecular formula is C9H9F3N2O2. The lowest BCUT2D eigenvalue weighted by Crippen LogP contribution is -2.47. The minimum Gasteiger partial charge on any atom is -0.425 e. The third-order valence-corrected chi connectivity index (χ3v) is 1.78. The van der Waals surface area contributed by atoms with Crippen molar-refractivity contribution in [2.75, 3.05) is 0 Å². The van der Waals surface area contributed by atoms with E-state index in [9.17, 15) is 18.0 Å². The molecule has 0 atom stereocenters. The van der Waals surface area contributed by atoms with Crippen molar-refractivity contribution in [1.29, 1.82) is 0 Å². The standard InChI is InChI=1S/C9H9F3N2O2/c1-5-2-3-6(4-7(5)10)16-9(11,12)8(15)14-13/h2-4H,13H2,1H3,(H,14,15). The smallest absolute Gasteiger partial charge is 0.425 e. The fourth-order valence-corrected chi connectivity index (χ4v) is 0.915. The van der Waals surface area contributed by atoms with Gasteiger partial charge in [-0.2, -0.15) is 8.78 Å². The topological polar surface area (TPSA) is 64.3 Å². The second kappa shape index (κ2) is 4.40. The number of aryl methyl sites for hydroxylation is 1. The predicted molar refractivity (Wildman–Crippen MR) is 49.0 cm³/mol. The molecule has 1 aromatic rings. The second-order valence-electron chi connectivity index (χ2n) is 3.00. The van der Waals surface area contributed by atoms with Crippen LogP contribution >= 0.6 is 0 Å². The highest BCUT2D eigenvalue weighted by atomic mass is 19.3. The van der Waals surface area contributed by atoms with Gasteiger partial charge in [0.25, 0.3) is 0 Å². The van der Waals surface area contributed by atoms with Crippen LogP contribution in [0.5, 0.6) is 5.75 Å². The number of carbonyl (C=O) groups excluding carboxylic acids is 1. The fourth-order valence-electron chi connectivity index (χ4n) is 0.915. The first-order chi connectivity index (χ1) is 7.36. The molecule has 0 heterocycles. The van der Waals surface area contributed by atoms with Crippen LogP contribution in [-0.4, -0.2) is 12.0 Å². The maximum Gasteiger partial charge on any atom is 0.483 e. The van der Waals surface area contributed by atoms with E-state index in [1.165, 1.54) is 18.4 Å². The molecule has 1 amide bonds. The minimum absolute atomic E-state index is 0.277. The molecule has 4 nitrogen and oxygen atoms in total. The van der Waals surface area contributed by atoms with E-state index >= 15 is 0 Å². The molecule has 0 radical (unpaired) electrons. The van der Waals surface area contributed by atoms with Crippen molar-refractivity contribution in [1.82, 2.24) is 5.43 Å². The van der Waals surface area contributed by atoms with Gasteiger partial charge in [0.2, 0.25) is 0 Å². The number of nitrogens with two attached hydrogens (primary N) is 1. The highest BCUT2D eigenvalue weighted by Gasteiger charge is 2.41. The van der Waals surface area contributed by atoms with Crippen molar-refractivity contribution in [2.24, 2.45) is 5.84 Å². The van der Waals surface area contributed by atoms with Crippen LogP contribution in [0, 0.1) is 12.7 Å². The Labute approximate surface area is 89.2 Å². The van der Waals surface area contributed by atoms with Gasteiger partial charge >= 0.3 is 12.0 Å². The lowest BCUT2D eigenvalue weighted by atomic mass is 10.2. The zero-order valence-corrected chi connectivity index (χ0v) is 8.26. The molecule has 1 aromatic carbocycles. The summed E-state index contributed by atoms with van der Waals surface area (Å²) in [6.45, 7) is 1.46. The molecule has 0 saturated heterocycles. The van der Waals surface area contributed by atoms with E-state index in [1.807, 2.05) is 0 Å². The number of carbonyl (C=O) groups is 1. The SMILES string of the molecule is Cc1ccc(OC(F)(F)C(=O)NN)cc1F. The van der Waals surface area contributed by atoms with Crippen molar-refractivity contribution in [2.45, 2.75) is 13.0 Å². The number of alkyl halides is 2. The third kappa shape index (κ3) is 2.63. The van der Waals surface area contributed by atoms with Gasteiger partial charge in [-0.1, -0.05) is 6.07 Å². The van der Waals surface area contributed by atoms with E-state index in [1.54, 1.807) is 0 Å². The van der Waals surface area contributed by atoms with Crippen molar-refractivity contribution in [3.8, 4) is 5.75 Å². The summed E-state index contributed by atoms with van der Waals surface area (Å²) in [5.41, 5.74) is 1.52. The number of hydrogen-bond donors (Lipinski definition) is 2. The molecular weight excluding hydrogens is 225 g/mol. The molecule has 88 valence electrons. The number of hydrogen-bond acceptors (Lipinski definition) is 3. The van der Waals surface area contributed by atoms with Crippen LogP contribution in [0.1, 0.15) is 5.56 Å². The van der Waals surface area contributed by atoms with Crippen molar-refractivity contribution in [3.63, 3.8) is 0 Å². The lowest BCUT2D eigenvalue weighted by molar-refractivity contribution is -0.192. The second-order valence-corrected chi connectivity index (χ2v) is 3.00. The lowest BCUT2D eigenvalue weighted by Gasteiger charge is -2.15. The molecule has 0 unspecified atom stereocenters. The van der Waals surface area contributed by atoms with Gasteiger partial charge in [0.05, 0.1) is 0 Å². The molecule has 3 N–H and O–H groups in total. The summed E-state index contributed by atoms with van der Waals surface area (Å²) in [6, 6.07) is 3.13. The Morgan fingerprint density at radius 3 is 2.62 bits per heavy atom. The van der Waals surface area contributed by atoms with Gasteiger partial charge in [-0.25, -0.2) is 10.2 Å². The third-order valence-electron chi connectivity index (χ3n) is 1.78. The van der Waals surface area contributed by atoms with Crippen LogP contribution in [0.15, 0.2) is 18.2 Å². The summed E-state index contributed by atoms with van der Waals surface area (Å²) in [5, 5.41) is 0. The molecule has 0 spiro atoms. The van der Waals surface area contributed by atoms with Gasteiger partial charge in [0.15, 0.2) is 0 Å². The van der Waals surface area contributed by atoms with Gasteiger partial charge in [-0.05, 0) is 18.6 Å². The zero-order valence-electron chi connectivity index (χ0n) is 8.26. The number of halogens is 3. The Bertz CT molecular complexity index is 410. The summed E-state index contributed by atoms with van der Waals surface area (Å²) in [6.07, 6.45) is -4.14. The highest BCUT2D eigenvalue weighted by molar-refractivity contribution is 5.81. The normalized spacial score (nSPS) is 11.1. The van der Waals surface area contributed by atoms with Crippen LogP contribution in [0.2, 0.25) is 0 Å². The summed E-state index contributed by atoms with van der Waals surface area (Å²) in [7, 11) is 0. The Hall–Kier alpha value is -1.76. The average Bonchev–Trinajstić information content (AvgIpc) is 2.22. The summed E-state index contributed by atoms with van der Waals surface area (Å²) in [4.78, 5) is 10.6. The Balaban J connectivity index is 2.88. The Kier molecular flexibility index (Phi) is 3.38. The molecule has 0 fully saturated rings. The maximum absolute atomic E-state index is 13.0. The van der Waals surface area contributed by atoms with Crippen LogP contribution in [0.4, 0.5) is 13.2 Å². The van der Waals surface area contributed by atoms with E-state index in [2.05, 4.69) is 10.6 Å². The van der Waals surface area contributed by atoms with E-state index in [0.717, 1.165) is 12.1 Å². The first-order valence-electron chi connectivity index (χ1n) is 4.21. The van der Waals surface area contributed by atoms with Crippen LogP contribution in [-0.2, 0) is 4.79 Å². The quantitative estimate of drug-likeness (QED) is 0.467. The molecule has 0 aliphatic heterocycles. The molecule has 16 heavy (non-hydrogen) atoms. The fraction of sp³-hybridized carbons (Fsp3) is 0.222. The first kappa shape index (κ1) is 12.3. The first-order valence-corrected chi connectivity index (χ1v) is 4.21. The number of amides is 1. The molecule has 0 aromatic heterocycles.